The maximum Gasteiger partial charge on any atom is 0.496 e. The van der Waals surface area contributed by atoms with Gasteiger partial charge in [0, 0.05) is 7.11 Å². The monoisotopic (exact) mass is 268 g/mol. The number of rotatable bonds is 3. The van der Waals surface area contributed by atoms with Crippen molar-refractivity contribution in [2.45, 2.75) is 0 Å². The second-order valence-electron chi connectivity index (χ2n) is 0.768. The van der Waals surface area contributed by atoms with Gasteiger partial charge in [0.15, 0.2) is 0 Å². The highest BCUT2D eigenvalue weighted by molar-refractivity contribution is 9.07. The molecule has 8 heavy (non-hydrogen) atoms. The van der Waals surface area contributed by atoms with Crippen LogP contribution in [0.5, 0.6) is 0 Å². The number of hydrogen-bond acceptors (Lipinski definition) is 4. The molecule has 0 saturated carbocycles. The second kappa shape index (κ2) is 3.98. The van der Waals surface area contributed by atoms with Crippen molar-refractivity contribution in [2.75, 3.05) is 7.11 Å². The van der Waals surface area contributed by atoms with Crippen molar-refractivity contribution in [2.24, 2.45) is 0 Å². The fraction of sp³-hybridized carbons (Fsp3) is 1.00. The van der Waals surface area contributed by atoms with Crippen molar-refractivity contribution in [3.63, 3.8) is 0 Å². The minimum Gasteiger partial charge on any atom is -0.289 e. The van der Waals surface area contributed by atoms with Gasteiger partial charge >= 0.3 is 7.82 Å². The molecule has 0 bridgehead atoms. The number of hydrogen-bond donors (Lipinski definition) is 0. The van der Waals surface area contributed by atoms with Gasteiger partial charge in [0.25, 0.3) is 0 Å². The van der Waals surface area contributed by atoms with Gasteiger partial charge in [0.2, 0.25) is 0 Å². The zero-order chi connectivity index (χ0) is 6.62. The molecule has 0 aliphatic rings. The molecule has 0 aliphatic heterocycles. The third-order valence-corrected chi connectivity index (χ3v) is 3.31. The maximum absolute atomic E-state index is 10.6. The average molecular weight is 270 g/mol. The van der Waals surface area contributed by atoms with Gasteiger partial charge in [0.1, 0.15) is 32.5 Å². The molecule has 4 nitrogen and oxygen atoms in total. The minimum absolute atomic E-state index is 1.20. The number of phosphoric acid groups is 1. The molecule has 0 saturated heterocycles. The van der Waals surface area contributed by atoms with Gasteiger partial charge in [0.05, 0.1) is 0 Å². The van der Waals surface area contributed by atoms with Gasteiger partial charge in [-0.3, -0.25) is 4.52 Å². The fourth-order valence-electron chi connectivity index (χ4n) is 0.0670. The van der Waals surface area contributed by atoms with Crippen molar-refractivity contribution in [1.82, 2.24) is 0 Å². The van der Waals surface area contributed by atoms with Crippen LogP contribution in [-0.4, -0.2) is 7.11 Å². The molecule has 0 rings (SSSR count). The smallest absolute Gasteiger partial charge is 0.289 e. The third kappa shape index (κ3) is 2.57. The topological polar surface area (TPSA) is 44.8 Å². The van der Waals surface area contributed by atoms with Crippen LogP contribution in [0, 0.1) is 0 Å². The minimum atomic E-state index is -3.33. The van der Waals surface area contributed by atoms with Crippen LogP contribution >= 0.6 is 40.3 Å². The lowest BCUT2D eigenvalue weighted by molar-refractivity contribution is 0.283. The Bertz CT molecular complexity index is 85.2. The Morgan fingerprint density at radius 1 is 1.38 bits per heavy atom. The van der Waals surface area contributed by atoms with Crippen molar-refractivity contribution in [1.29, 1.82) is 0 Å². The first-order valence-corrected chi connectivity index (χ1v) is 4.20. The Morgan fingerprint density at radius 2 is 1.75 bits per heavy atom. The molecule has 0 atom stereocenters. The Labute approximate surface area is 64.0 Å². The van der Waals surface area contributed by atoms with Crippen LogP contribution in [0.3, 0.4) is 0 Å². The summed E-state index contributed by atoms with van der Waals surface area (Å²) in [6.07, 6.45) is 0. The van der Waals surface area contributed by atoms with Crippen molar-refractivity contribution < 1.29 is 16.3 Å². The van der Waals surface area contributed by atoms with Gasteiger partial charge in [-0.15, -0.1) is 0 Å². The van der Waals surface area contributed by atoms with Crippen LogP contribution in [0.15, 0.2) is 0 Å². The van der Waals surface area contributed by atoms with E-state index < -0.39 is 7.82 Å². The van der Waals surface area contributed by atoms with Crippen LogP contribution in [0.4, 0.5) is 0 Å². The van der Waals surface area contributed by atoms with Gasteiger partial charge in [-0.05, 0) is 0 Å². The molecule has 0 N–H and O–H groups in total. The summed E-state index contributed by atoms with van der Waals surface area (Å²) in [7, 11) is -2.13. The van der Waals surface area contributed by atoms with E-state index in [2.05, 4.69) is 44.3 Å². The summed E-state index contributed by atoms with van der Waals surface area (Å²) in [4.78, 5) is 0. The summed E-state index contributed by atoms with van der Waals surface area (Å²) in [5, 5.41) is 0. The summed E-state index contributed by atoms with van der Waals surface area (Å²) < 4.78 is 23.0. The molecular weight excluding hydrogens is 267 g/mol. The second-order valence-corrected chi connectivity index (χ2v) is 4.04. The predicted molar refractivity (Wildman–Crippen MR) is 34.6 cm³/mol. The molecule has 0 spiro atoms. The molecule has 0 amide bonds. The molecule has 0 unspecified atom stereocenters. The zero-order valence-corrected chi connectivity index (χ0v) is 7.90. The van der Waals surface area contributed by atoms with E-state index in [1.165, 1.54) is 7.11 Å². The van der Waals surface area contributed by atoms with Gasteiger partial charge in [-0.2, -0.15) is 0 Å². The van der Waals surface area contributed by atoms with Crippen LogP contribution in [0.2, 0.25) is 0 Å². The van der Waals surface area contributed by atoms with Crippen LogP contribution in [-0.2, 0) is 16.3 Å². The molecule has 0 aliphatic carbocycles. The lowest BCUT2D eigenvalue weighted by atomic mass is 11.8. The van der Waals surface area contributed by atoms with Crippen molar-refractivity contribution in [3.05, 3.63) is 0 Å². The lowest BCUT2D eigenvalue weighted by Crippen LogP contribution is -1.80. The lowest BCUT2D eigenvalue weighted by Gasteiger charge is -2.03. The largest absolute Gasteiger partial charge is 0.496 e. The van der Waals surface area contributed by atoms with Crippen LogP contribution in [0.25, 0.3) is 0 Å². The molecular formula is CH3Br2O4P. The first kappa shape index (κ1) is 9.07. The molecule has 0 fully saturated rings. The van der Waals surface area contributed by atoms with Gasteiger partial charge in [-0.25, -0.2) is 11.8 Å². The molecule has 7 heteroatoms. The SMILES string of the molecule is COP(=O)(OBr)OBr. The molecule has 0 aromatic heterocycles. The number of halogens is 2. The molecule has 0 aromatic rings. The first-order chi connectivity index (χ1) is 3.68. The summed E-state index contributed by atoms with van der Waals surface area (Å²) >= 11 is 4.90. The van der Waals surface area contributed by atoms with E-state index in [-0.39, 0.29) is 0 Å². The average Bonchev–Trinajstić information content (AvgIpc) is 1.87. The Kier molecular flexibility index (Phi) is 4.51. The molecule has 0 radical (unpaired) electrons. The molecule has 0 aromatic carbocycles. The summed E-state index contributed by atoms with van der Waals surface area (Å²) in [5.41, 5.74) is 0. The normalized spacial score (nSPS) is 11.9. The Morgan fingerprint density at radius 3 is 1.75 bits per heavy atom. The van der Waals surface area contributed by atoms with E-state index in [0.717, 1.165) is 0 Å². The van der Waals surface area contributed by atoms with E-state index in [4.69, 9.17) is 0 Å². The quantitative estimate of drug-likeness (QED) is 0.738. The summed E-state index contributed by atoms with van der Waals surface area (Å²) in [5.74, 6) is 0. The van der Waals surface area contributed by atoms with Gasteiger partial charge < -0.3 is 0 Å². The maximum atomic E-state index is 10.6. The van der Waals surface area contributed by atoms with Crippen LogP contribution in [0.1, 0.15) is 0 Å². The Hall–Kier alpha value is 1.07. The fourth-order valence-corrected chi connectivity index (χ4v) is 1.74. The Balaban J connectivity index is 3.79. The van der Waals surface area contributed by atoms with E-state index in [0.29, 0.717) is 0 Å². The van der Waals surface area contributed by atoms with Crippen molar-refractivity contribution in [3.8, 4) is 0 Å². The molecule has 50 valence electrons. The van der Waals surface area contributed by atoms with Crippen LogP contribution < -0.4 is 0 Å². The van der Waals surface area contributed by atoms with E-state index in [9.17, 15) is 4.57 Å². The third-order valence-electron chi connectivity index (χ3n) is 0.393. The standard InChI is InChI=1S/CH3Br2O4P/c1-5-8(4,6-2)7-3/h1H3. The highest BCUT2D eigenvalue weighted by Gasteiger charge is 2.22. The van der Waals surface area contributed by atoms with Gasteiger partial charge in [-0.1, -0.05) is 0 Å². The predicted octanol–water partition coefficient (Wildman–Crippen LogP) is 2.39. The molecule has 0 heterocycles. The van der Waals surface area contributed by atoms with E-state index in [1.54, 1.807) is 0 Å². The first-order valence-electron chi connectivity index (χ1n) is 1.45. The highest BCUT2D eigenvalue weighted by Crippen LogP contribution is 2.52. The highest BCUT2D eigenvalue weighted by atomic mass is 79.9. The van der Waals surface area contributed by atoms with E-state index >= 15 is 0 Å². The zero-order valence-electron chi connectivity index (χ0n) is 3.84. The summed E-state index contributed by atoms with van der Waals surface area (Å²) in [6, 6.07) is 0. The van der Waals surface area contributed by atoms with Crippen molar-refractivity contribution >= 4 is 40.3 Å². The van der Waals surface area contributed by atoms with E-state index in [1.807, 2.05) is 0 Å². The summed E-state index contributed by atoms with van der Waals surface area (Å²) in [6.45, 7) is 0.